The lowest BCUT2D eigenvalue weighted by Crippen LogP contribution is -1.98. The number of aromatic amines is 1. The molecule has 17 heavy (non-hydrogen) atoms. The predicted molar refractivity (Wildman–Crippen MR) is 71.2 cm³/mol. The summed E-state index contributed by atoms with van der Waals surface area (Å²) in [4.78, 5) is 7.43. The van der Waals surface area contributed by atoms with E-state index in [1.54, 1.807) is 19.2 Å². The fourth-order valence-corrected chi connectivity index (χ4v) is 2.24. The number of nitrogens with one attached hydrogen (secondary N) is 1. The number of ether oxygens (including phenoxy) is 1. The van der Waals surface area contributed by atoms with Gasteiger partial charge in [-0.1, -0.05) is 11.6 Å². The second-order valence-corrected chi connectivity index (χ2v) is 4.62. The zero-order valence-electron chi connectivity index (χ0n) is 9.13. The number of hydrogen-bond acceptors (Lipinski definition) is 3. The van der Waals surface area contributed by atoms with Crippen molar-refractivity contribution >= 4 is 27.5 Å². The molecule has 1 aromatic heterocycles. The van der Waals surface area contributed by atoms with Crippen LogP contribution in [0.1, 0.15) is 5.82 Å². The van der Waals surface area contributed by atoms with Gasteiger partial charge in [0.1, 0.15) is 21.9 Å². The van der Waals surface area contributed by atoms with Gasteiger partial charge in [-0.3, -0.25) is 0 Å². The van der Waals surface area contributed by atoms with Crippen LogP contribution in [0.2, 0.25) is 5.02 Å². The molecule has 0 atom stereocenters. The van der Waals surface area contributed by atoms with Crippen LogP contribution in [0, 0.1) is 0 Å². The van der Waals surface area contributed by atoms with Crippen LogP contribution in [0.15, 0.2) is 22.8 Å². The van der Waals surface area contributed by atoms with Crippen LogP contribution in [-0.4, -0.2) is 17.1 Å². The summed E-state index contributed by atoms with van der Waals surface area (Å²) in [5.41, 5.74) is 7.10. The van der Waals surface area contributed by atoms with Gasteiger partial charge < -0.3 is 15.5 Å². The number of aromatic nitrogens is 2. The highest BCUT2D eigenvalue weighted by molar-refractivity contribution is 9.10. The SMILES string of the molecule is COc1ccc(Cl)cc1-c1nc(CN)[nH]c1Br. The second-order valence-electron chi connectivity index (χ2n) is 3.39. The number of H-pyrrole nitrogens is 1. The number of methoxy groups -OCH3 is 1. The van der Waals surface area contributed by atoms with Crippen LogP contribution >= 0.6 is 27.5 Å². The maximum Gasteiger partial charge on any atom is 0.128 e. The van der Waals surface area contributed by atoms with E-state index in [2.05, 4.69) is 25.9 Å². The van der Waals surface area contributed by atoms with Gasteiger partial charge in [0, 0.05) is 10.6 Å². The summed E-state index contributed by atoms with van der Waals surface area (Å²) in [5.74, 6) is 1.42. The molecule has 0 spiro atoms. The molecule has 90 valence electrons. The van der Waals surface area contributed by atoms with Gasteiger partial charge in [-0.05, 0) is 34.1 Å². The lowest BCUT2D eigenvalue weighted by atomic mass is 10.1. The first kappa shape index (κ1) is 12.4. The van der Waals surface area contributed by atoms with Crippen LogP contribution in [0.4, 0.5) is 0 Å². The standard InChI is InChI=1S/C11H11BrClN3O/c1-17-8-3-2-6(13)4-7(8)10-11(12)16-9(5-14)15-10/h2-4H,5,14H2,1H3,(H,15,16). The molecule has 0 saturated heterocycles. The van der Waals surface area contributed by atoms with Gasteiger partial charge in [0.15, 0.2) is 0 Å². The van der Waals surface area contributed by atoms with Gasteiger partial charge in [-0.25, -0.2) is 4.98 Å². The Kier molecular flexibility index (Phi) is 3.71. The normalized spacial score (nSPS) is 10.6. The first-order chi connectivity index (χ1) is 8.15. The van der Waals surface area contributed by atoms with Crippen molar-refractivity contribution in [2.75, 3.05) is 7.11 Å². The first-order valence-corrected chi connectivity index (χ1v) is 6.11. The molecule has 1 heterocycles. The molecule has 0 amide bonds. The summed E-state index contributed by atoms with van der Waals surface area (Å²) in [7, 11) is 1.61. The molecule has 0 aliphatic carbocycles. The molecule has 4 nitrogen and oxygen atoms in total. The predicted octanol–water partition coefficient (Wildman–Crippen LogP) is 2.96. The van der Waals surface area contributed by atoms with E-state index >= 15 is 0 Å². The van der Waals surface area contributed by atoms with E-state index in [-0.39, 0.29) is 0 Å². The minimum atomic E-state index is 0.349. The van der Waals surface area contributed by atoms with Crippen LogP contribution in [0.3, 0.4) is 0 Å². The van der Waals surface area contributed by atoms with Crippen molar-refractivity contribution in [1.82, 2.24) is 9.97 Å². The van der Waals surface area contributed by atoms with Crippen molar-refractivity contribution in [2.45, 2.75) is 6.54 Å². The van der Waals surface area contributed by atoms with E-state index in [9.17, 15) is 0 Å². The summed E-state index contributed by atoms with van der Waals surface area (Å²) < 4.78 is 6.05. The smallest absolute Gasteiger partial charge is 0.128 e. The average molecular weight is 317 g/mol. The van der Waals surface area contributed by atoms with Crippen LogP contribution in [-0.2, 0) is 6.54 Å². The number of nitrogens with two attached hydrogens (primary N) is 1. The molecule has 0 saturated carbocycles. The van der Waals surface area contributed by atoms with Crippen LogP contribution < -0.4 is 10.5 Å². The lowest BCUT2D eigenvalue weighted by Gasteiger charge is -2.06. The Bertz CT molecular complexity index is 542. The summed E-state index contributed by atoms with van der Waals surface area (Å²) in [6, 6.07) is 5.39. The summed E-state index contributed by atoms with van der Waals surface area (Å²) >= 11 is 9.39. The van der Waals surface area contributed by atoms with Crippen LogP contribution in [0.5, 0.6) is 5.75 Å². The highest BCUT2D eigenvalue weighted by atomic mass is 79.9. The second kappa shape index (κ2) is 5.08. The van der Waals surface area contributed by atoms with E-state index in [1.165, 1.54) is 0 Å². The Morgan fingerprint density at radius 2 is 2.29 bits per heavy atom. The maximum absolute atomic E-state index is 5.98. The Morgan fingerprint density at radius 1 is 1.53 bits per heavy atom. The number of benzene rings is 1. The highest BCUT2D eigenvalue weighted by Gasteiger charge is 2.14. The molecule has 0 unspecified atom stereocenters. The molecule has 0 radical (unpaired) electrons. The fraction of sp³-hybridized carbons (Fsp3) is 0.182. The van der Waals surface area contributed by atoms with Crippen molar-refractivity contribution in [3.8, 4) is 17.0 Å². The van der Waals surface area contributed by atoms with E-state index in [0.29, 0.717) is 23.1 Å². The monoisotopic (exact) mass is 315 g/mol. The average Bonchev–Trinajstić information content (AvgIpc) is 2.70. The molecule has 0 fully saturated rings. The third-order valence-corrected chi connectivity index (χ3v) is 3.13. The summed E-state index contributed by atoms with van der Waals surface area (Å²) in [6.07, 6.45) is 0. The topological polar surface area (TPSA) is 63.9 Å². The van der Waals surface area contributed by atoms with E-state index in [4.69, 9.17) is 22.1 Å². The van der Waals surface area contributed by atoms with Crippen molar-refractivity contribution in [2.24, 2.45) is 5.73 Å². The largest absolute Gasteiger partial charge is 0.496 e. The minimum Gasteiger partial charge on any atom is -0.496 e. The molecule has 0 aliphatic heterocycles. The molecule has 0 aliphatic rings. The van der Waals surface area contributed by atoms with E-state index in [0.717, 1.165) is 15.9 Å². The number of nitrogens with zero attached hydrogens (tertiary/aromatic N) is 1. The maximum atomic E-state index is 5.98. The fourth-order valence-electron chi connectivity index (χ4n) is 1.54. The van der Waals surface area contributed by atoms with Crippen molar-refractivity contribution in [3.63, 3.8) is 0 Å². The third kappa shape index (κ3) is 2.46. The zero-order valence-corrected chi connectivity index (χ0v) is 11.5. The van der Waals surface area contributed by atoms with Gasteiger partial charge in [0.25, 0.3) is 0 Å². The zero-order chi connectivity index (χ0) is 12.4. The molecule has 2 aromatic rings. The Morgan fingerprint density at radius 3 is 2.88 bits per heavy atom. The molecular formula is C11H11BrClN3O. The third-order valence-electron chi connectivity index (χ3n) is 2.32. The molecule has 1 aromatic carbocycles. The minimum absolute atomic E-state index is 0.349. The van der Waals surface area contributed by atoms with Crippen molar-refractivity contribution < 1.29 is 4.74 Å². The Balaban J connectivity index is 2.58. The number of imidazole rings is 1. The molecule has 0 bridgehead atoms. The van der Waals surface area contributed by atoms with E-state index < -0.39 is 0 Å². The molecular weight excluding hydrogens is 305 g/mol. The van der Waals surface area contributed by atoms with Gasteiger partial charge in [-0.2, -0.15) is 0 Å². The molecule has 3 N–H and O–H groups in total. The van der Waals surface area contributed by atoms with Gasteiger partial charge in [0.05, 0.1) is 13.7 Å². The molecule has 2 rings (SSSR count). The Labute approximate surface area is 112 Å². The lowest BCUT2D eigenvalue weighted by molar-refractivity contribution is 0.416. The Hall–Kier alpha value is -1.04. The van der Waals surface area contributed by atoms with Crippen LogP contribution in [0.25, 0.3) is 11.3 Å². The van der Waals surface area contributed by atoms with Gasteiger partial charge in [-0.15, -0.1) is 0 Å². The van der Waals surface area contributed by atoms with Crippen molar-refractivity contribution in [3.05, 3.63) is 33.6 Å². The number of rotatable bonds is 3. The first-order valence-electron chi connectivity index (χ1n) is 4.94. The van der Waals surface area contributed by atoms with Gasteiger partial charge in [0.2, 0.25) is 0 Å². The quantitative estimate of drug-likeness (QED) is 0.915. The molecule has 6 heteroatoms. The number of halogens is 2. The summed E-state index contributed by atoms with van der Waals surface area (Å²) in [5, 5.41) is 0.630. The van der Waals surface area contributed by atoms with Gasteiger partial charge >= 0.3 is 0 Å². The number of hydrogen-bond donors (Lipinski definition) is 2. The highest BCUT2D eigenvalue weighted by Crippen LogP contribution is 2.35. The van der Waals surface area contributed by atoms with Crippen molar-refractivity contribution in [1.29, 1.82) is 0 Å². The van der Waals surface area contributed by atoms with E-state index in [1.807, 2.05) is 6.07 Å². The summed E-state index contributed by atoms with van der Waals surface area (Å²) in [6.45, 7) is 0.349.